The van der Waals surface area contributed by atoms with Crippen molar-refractivity contribution in [3.05, 3.63) is 39.4 Å². The molecule has 2 rings (SSSR count). The molecule has 108 valence electrons. The van der Waals surface area contributed by atoms with E-state index >= 15 is 0 Å². The van der Waals surface area contributed by atoms with Gasteiger partial charge in [0.1, 0.15) is 5.82 Å². The third-order valence-electron chi connectivity index (χ3n) is 3.13. The molecule has 6 nitrogen and oxygen atoms in total. The number of nitrogens with zero attached hydrogens (tertiary/aromatic N) is 1. The molecule has 1 fully saturated rings. The van der Waals surface area contributed by atoms with E-state index in [1.54, 1.807) is 0 Å². The molecule has 0 aromatic heterocycles. The highest BCUT2D eigenvalue weighted by molar-refractivity contribution is 5.95. The van der Waals surface area contributed by atoms with Crippen molar-refractivity contribution in [1.82, 2.24) is 10.6 Å². The summed E-state index contributed by atoms with van der Waals surface area (Å²) in [5.41, 5.74) is -1.68. The highest BCUT2D eigenvalue weighted by Gasteiger charge is 2.25. The van der Waals surface area contributed by atoms with Crippen LogP contribution in [0.1, 0.15) is 23.2 Å². The Balaban J connectivity index is 2.22. The minimum Gasteiger partial charge on any atom is -0.349 e. The van der Waals surface area contributed by atoms with Crippen molar-refractivity contribution in [3.8, 4) is 0 Å². The minimum absolute atomic E-state index is 0.148. The number of nitro groups is 1. The largest absolute Gasteiger partial charge is 0.349 e. The Morgan fingerprint density at radius 1 is 1.35 bits per heavy atom. The van der Waals surface area contributed by atoms with E-state index < -0.39 is 33.7 Å². The normalized spacial score (nSPS) is 15.9. The Bertz CT molecular complexity index is 545. The number of nitro benzene ring substituents is 1. The molecule has 8 heteroatoms. The maximum absolute atomic E-state index is 13.8. The van der Waals surface area contributed by atoms with E-state index in [9.17, 15) is 23.7 Å². The van der Waals surface area contributed by atoms with E-state index in [1.807, 2.05) is 0 Å². The van der Waals surface area contributed by atoms with Crippen molar-refractivity contribution in [2.75, 3.05) is 13.1 Å². The van der Waals surface area contributed by atoms with Gasteiger partial charge in [-0.05, 0) is 32.0 Å². The molecule has 0 spiro atoms. The van der Waals surface area contributed by atoms with Gasteiger partial charge in [0.05, 0.1) is 16.6 Å². The Morgan fingerprint density at radius 3 is 2.60 bits per heavy atom. The zero-order valence-electron chi connectivity index (χ0n) is 10.5. The fourth-order valence-electron chi connectivity index (χ4n) is 2.10. The number of halogens is 2. The van der Waals surface area contributed by atoms with Crippen LogP contribution in [-0.4, -0.2) is 30.0 Å². The van der Waals surface area contributed by atoms with Gasteiger partial charge in [-0.3, -0.25) is 14.9 Å². The Kier molecular flexibility index (Phi) is 4.23. The van der Waals surface area contributed by atoms with Crippen molar-refractivity contribution in [1.29, 1.82) is 0 Å². The van der Waals surface area contributed by atoms with Crippen molar-refractivity contribution >= 4 is 11.6 Å². The number of amides is 1. The number of hydrogen-bond acceptors (Lipinski definition) is 4. The number of nitrogens with one attached hydrogen (secondary N) is 2. The highest BCUT2D eigenvalue weighted by Crippen LogP contribution is 2.22. The topological polar surface area (TPSA) is 84.3 Å². The van der Waals surface area contributed by atoms with E-state index in [1.165, 1.54) is 0 Å². The molecular formula is C12H13F2N3O3. The molecule has 0 radical (unpaired) electrons. The lowest BCUT2D eigenvalue weighted by molar-refractivity contribution is -0.387. The van der Waals surface area contributed by atoms with E-state index in [2.05, 4.69) is 10.6 Å². The third-order valence-corrected chi connectivity index (χ3v) is 3.13. The molecule has 0 bridgehead atoms. The van der Waals surface area contributed by atoms with Gasteiger partial charge in [0.25, 0.3) is 5.91 Å². The lowest BCUT2D eigenvalue weighted by Crippen LogP contribution is -2.43. The number of carbonyl (C=O) groups is 1. The summed E-state index contributed by atoms with van der Waals surface area (Å²) in [7, 11) is 0. The molecule has 1 aliphatic rings. The Morgan fingerprint density at radius 2 is 2.00 bits per heavy atom. The van der Waals surface area contributed by atoms with E-state index in [0.29, 0.717) is 25.0 Å². The van der Waals surface area contributed by atoms with Crippen LogP contribution in [0.4, 0.5) is 14.5 Å². The van der Waals surface area contributed by atoms with Crippen LogP contribution in [0.5, 0.6) is 0 Å². The van der Waals surface area contributed by atoms with Gasteiger partial charge in [0.15, 0.2) is 0 Å². The molecule has 0 atom stereocenters. The molecule has 1 amide bonds. The number of carbonyl (C=O) groups excluding carboxylic acids is 1. The average Bonchev–Trinajstić information content (AvgIpc) is 2.41. The zero-order valence-corrected chi connectivity index (χ0v) is 10.5. The summed E-state index contributed by atoms with van der Waals surface area (Å²) in [6.45, 7) is 1.44. The van der Waals surface area contributed by atoms with Crippen molar-refractivity contribution < 1.29 is 18.5 Å². The molecule has 1 aliphatic heterocycles. The second-order valence-electron chi connectivity index (χ2n) is 4.54. The summed E-state index contributed by atoms with van der Waals surface area (Å²) >= 11 is 0. The van der Waals surface area contributed by atoms with Gasteiger partial charge in [-0.15, -0.1) is 0 Å². The SMILES string of the molecule is O=C(NC1CCNCC1)c1cc(F)cc([N+](=O)[O-])c1F. The predicted octanol–water partition coefficient (Wildman–Crippen LogP) is 1.35. The second-order valence-corrected chi connectivity index (χ2v) is 4.54. The predicted molar refractivity (Wildman–Crippen MR) is 66.4 cm³/mol. The number of hydrogen-bond donors (Lipinski definition) is 2. The molecule has 2 N–H and O–H groups in total. The third kappa shape index (κ3) is 3.08. The van der Waals surface area contributed by atoms with Gasteiger partial charge in [-0.1, -0.05) is 0 Å². The lowest BCUT2D eigenvalue weighted by atomic mass is 10.1. The van der Waals surface area contributed by atoms with Crippen molar-refractivity contribution in [2.24, 2.45) is 0 Å². The quantitative estimate of drug-likeness (QED) is 0.648. The van der Waals surface area contributed by atoms with Crippen LogP contribution in [0.2, 0.25) is 0 Å². The van der Waals surface area contributed by atoms with Gasteiger partial charge in [-0.25, -0.2) is 4.39 Å². The first-order chi connectivity index (χ1) is 9.49. The smallest absolute Gasteiger partial charge is 0.308 e. The van der Waals surface area contributed by atoms with Crippen molar-refractivity contribution in [3.63, 3.8) is 0 Å². The Hall–Kier alpha value is -2.09. The number of piperidine rings is 1. The van der Waals surface area contributed by atoms with Crippen LogP contribution in [0.15, 0.2) is 12.1 Å². The van der Waals surface area contributed by atoms with Crippen LogP contribution in [0.25, 0.3) is 0 Å². The van der Waals surface area contributed by atoms with Crippen LogP contribution in [-0.2, 0) is 0 Å². The highest BCUT2D eigenvalue weighted by atomic mass is 19.1. The first-order valence-electron chi connectivity index (χ1n) is 6.14. The summed E-state index contributed by atoms with van der Waals surface area (Å²) in [6.07, 6.45) is 1.34. The van der Waals surface area contributed by atoms with Crippen LogP contribution >= 0.6 is 0 Å². The van der Waals surface area contributed by atoms with E-state index in [-0.39, 0.29) is 6.04 Å². The molecule has 1 saturated heterocycles. The fraction of sp³-hybridized carbons (Fsp3) is 0.417. The van der Waals surface area contributed by atoms with Gasteiger partial charge >= 0.3 is 5.69 Å². The molecule has 0 aliphatic carbocycles. The zero-order chi connectivity index (χ0) is 14.7. The van der Waals surface area contributed by atoms with Gasteiger partial charge in [0.2, 0.25) is 5.82 Å². The van der Waals surface area contributed by atoms with Gasteiger partial charge in [-0.2, -0.15) is 4.39 Å². The number of rotatable bonds is 3. The fourth-order valence-corrected chi connectivity index (χ4v) is 2.10. The number of benzene rings is 1. The average molecular weight is 285 g/mol. The molecule has 1 heterocycles. The summed E-state index contributed by atoms with van der Waals surface area (Å²) in [4.78, 5) is 21.4. The van der Waals surface area contributed by atoms with Gasteiger partial charge < -0.3 is 10.6 Å². The Labute approximate surface area is 113 Å². The van der Waals surface area contributed by atoms with Crippen LogP contribution in [0, 0.1) is 21.7 Å². The van der Waals surface area contributed by atoms with Gasteiger partial charge in [0, 0.05) is 6.04 Å². The molecular weight excluding hydrogens is 272 g/mol. The maximum Gasteiger partial charge on any atom is 0.308 e. The van der Waals surface area contributed by atoms with Crippen LogP contribution in [0.3, 0.4) is 0 Å². The maximum atomic E-state index is 13.8. The molecule has 1 aromatic rings. The first-order valence-corrected chi connectivity index (χ1v) is 6.14. The molecule has 0 saturated carbocycles. The summed E-state index contributed by atoms with van der Waals surface area (Å²) in [5, 5.41) is 16.3. The standard InChI is InChI=1S/C12H13F2N3O3/c13-7-5-9(11(14)10(6-7)17(19)20)12(18)16-8-1-3-15-4-2-8/h5-6,8,15H,1-4H2,(H,16,18). The van der Waals surface area contributed by atoms with E-state index in [4.69, 9.17) is 0 Å². The van der Waals surface area contributed by atoms with E-state index in [0.717, 1.165) is 13.1 Å². The first kappa shape index (κ1) is 14.3. The molecule has 20 heavy (non-hydrogen) atoms. The summed E-state index contributed by atoms with van der Waals surface area (Å²) in [5.74, 6) is -3.17. The second kappa shape index (κ2) is 5.91. The lowest BCUT2D eigenvalue weighted by Gasteiger charge is -2.23. The van der Waals surface area contributed by atoms with Crippen LogP contribution < -0.4 is 10.6 Å². The monoisotopic (exact) mass is 285 g/mol. The molecule has 0 unspecified atom stereocenters. The van der Waals surface area contributed by atoms with Crippen molar-refractivity contribution in [2.45, 2.75) is 18.9 Å². The minimum atomic E-state index is -1.32. The summed E-state index contributed by atoms with van der Waals surface area (Å²) in [6, 6.07) is 0.973. The molecule has 1 aromatic carbocycles. The summed E-state index contributed by atoms with van der Waals surface area (Å²) < 4.78 is 27.1.